The molecule has 0 aliphatic carbocycles. The van der Waals surface area contributed by atoms with Crippen molar-refractivity contribution in [2.75, 3.05) is 18.1 Å². The maximum Gasteiger partial charge on any atom is 0.309 e. The molecule has 0 aromatic heterocycles. The molecule has 0 radical (unpaired) electrons. The minimum absolute atomic E-state index is 0.253. The van der Waals surface area contributed by atoms with E-state index >= 15 is 0 Å². The summed E-state index contributed by atoms with van der Waals surface area (Å²) in [7, 11) is 0. The lowest BCUT2D eigenvalue weighted by Gasteiger charge is -2.10. The number of ether oxygens (including phenoxy) is 1. The molecule has 2 N–H and O–H groups in total. The van der Waals surface area contributed by atoms with Gasteiger partial charge in [-0.1, -0.05) is 6.92 Å². The summed E-state index contributed by atoms with van der Waals surface area (Å²) in [6.45, 7) is 3.89. The molecule has 0 spiro atoms. The van der Waals surface area contributed by atoms with Crippen LogP contribution in [0.15, 0.2) is 23.1 Å². The second kappa shape index (κ2) is 6.49. The maximum absolute atomic E-state index is 13.4. The average Bonchev–Trinajstić information content (AvgIpc) is 2.27. The van der Waals surface area contributed by atoms with Gasteiger partial charge in [-0.25, -0.2) is 4.39 Å². The lowest BCUT2D eigenvalue weighted by molar-refractivity contribution is -0.146. The fourth-order valence-electron chi connectivity index (χ4n) is 1.20. The summed E-state index contributed by atoms with van der Waals surface area (Å²) in [5, 5.41) is 0. The number of hydrogen-bond donors (Lipinski definition) is 1. The Kier molecular flexibility index (Phi) is 5.28. The van der Waals surface area contributed by atoms with E-state index in [0.717, 1.165) is 0 Å². The monoisotopic (exact) mass is 257 g/mol. The minimum atomic E-state index is -0.356. The zero-order valence-corrected chi connectivity index (χ0v) is 10.7. The molecule has 0 saturated heterocycles. The highest BCUT2D eigenvalue weighted by Crippen LogP contribution is 2.25. The number of anilines is 1. The van der Waals surface area contributed by atoms with E-state index in [1.807, 2.05) is 0 Å². The summed E-state index contributed by atoms with van der Waals surface area (Å²) >= 11 is 1.29. The molecule has 1 aromatic rings. The molecule has 0 amide bonds. The van der Waals surface area contributed by atoms with Crippen molar-refractivity contribution in [1.82, 2.24) is 0 Å². The Morgan fingerprint density at radius 2 is 2.29 bits per heavy atom. The third kappa shape index (κ3) is 4.26. The molecule has 17 heavy (non-hydrogen) atoms. The van der Waals surface area contributed by atoms with E-state index in [-0.39, 0.29) is 17.7 Å². The Morgan fingerprint density at radius 1 is 1.59 bits per heavy atom. The zero-order chi connectivity index (χ0) is 12.8. The Balaban J connectivity index is 2.52. The summed E-state index contributed by atoms with van der Waals surface area (Å²) in [6, 6.07) is 4.53. The predicted octanol–water partition coefficient (Wildman–Crippen LogP) is 2.70. The van der Waals surface area contributed by atoms with Crippen LogP contribution in [0.4, 0.5) is 10.1 Å². The van der Waals surface area contributed by atoms with Gasteiger partial charge in [0.1, 0.15) is 5.82 Å². The topological polar surface area (TPSA) is 52.3 Å². The highest BCUT2D eigenvalue weighted by molar-refractivity contribution is 7.99. The molecule has 0 bridgehead atoms. The lowest BCUT2D eigenvalue weighted by atomic mass is 10.2. The smallest absolute Gasteiger partial charge is 0.309 e. The van der Waals surface area contributed by atoms with Crippen molar-refractivity contribution in [3.8, 4) is 0 Å². The molecule has 0 heterocycles. The minimum Gasteiger partial charge on any atom is -0.466 e. The summed E-state index contributed by atoms with van der Waals surface area (Å²) in [4.78, 5) is 11.8. The van der Waals surface area contributed by atoms with Crippen LogP contribution in [0.1, 0.15) is 13.8 Å². The summed E-state index contributed by atoms with van der Waals surface area (Å²) in [5.41, 5.74) is 5.84. The normalized spacial score (nSPS) is 12.2. The van der Waals surface area contributed by atoms with Gasteiger partial charge in [-0.15, -0.1) is 11.8 Å². The molecule has 5 heteroatoms. The Labute approximate surface area is 105 Å². The van der Waals surface area contributed by atoms with Gasteiger partial charge in [-0.05, 0) is 25.1 Å². The predicted molar refractivity (Wildman–Crippen MR) is 67.3 cm³/mol. The number of nitrogen functional groups attached to an aromatic ring is 1. The maximum atomic E-state index is 13.4. The van der Waals surface area contributed by atoms with Crippen molar-refractivity contribution in [1.29, 1.82) is 0 Å². The van der Waals surface area contributed by atoms with E-state index in [4.69, 9.17) is 10.5 Å². The number of hydrogen-bond acceptors (Lipinski definition) is 4. The summed E-state index contributed by atoms with van der Waals surface area (Å²) in [6.07, 6.45) is 0. The number of nitrogens with two attached hydrogens (primary N) is 1. The third-order valence-electron chi connectivity index (χ3n) is 2.13. The van der Waals surface area contributed by atoms with Gasteiger partial charge in [0.15, 0.2) is 0 Å². The second-order valence-electron chi connectivity index (χ2n) is 3.65. The van der Waals surface area contributed by atoms with Crippen molar-refractivity contribution in [3.05, 3.63) is 24.0 Å². The molecule has 0 saturated carbocycles. The van der Waals surface area contributed by atoms with E-state index in [1.54, 1.807) is 26.0 Å². The third-order valence-corrected chi connectivity index (χ3v) is 3.44. The van der Waals surface area contributed by atoms with Crippen LogP contribution in [0.3, 0.4) is 0 Å². The first kappa shape index (κ1) is 13.8. The van der Waals surface area contributed by atoms with Crippen molar-refractivity contribution >= 4 is 23.4 Å². The first-order valence-corrected chi connectivity index (χ1v) is 6.37. The lowest BCUT2D eigenvalue weighted by Crippen LogP contribution is -2.16. The van der Waals surface area contributed by atoms with Gasteiger partial charge in [-0.3, -0.25) is 4.79 Å². The van der Waals surface area contributed by atoms with Crippen LogP contribution in [-0.2, 0) is 9.53 Å². The molecule has 0 aliphatic rings. The number of carbonyl (C=O) groups excluding carboxylic acids is 1. The van der Waals surface area contributed by atoms with Crippen LogP contribution >= 0.6 is 11.8 Å². The van der Waals surface area contributed by atoms with Gasteiger partial charge >= 0.3 is 5.97 Å². The summed E-state index contributed by atoms with van der Waals surface area (Å²) in [5.74, 6) is -0.376. The van der Waals surface area contributed by atoms with Gasteiger partial charge in [0.05, 0.1) is 12.5 Å². The molecular formula is C12H16FNO2S. The van der Waals surface area contributed by atoms with Crippen LogP contribution in [0.25, 0.3) is 0 Å². The molecule has 3 nitrogen and oxygen atoms in total. The van der Waals surface area contributed by atoms with Crippen LogP contribution < -0.4 is 5.73 Å². The zero-order valence-electron chi connectivity index (χ0n) is 9.90. The number of rotatable bonds is 5. The fourth-order valence-corrected chi connectivity index (χ4v) is 2.13. The quantitative estimate of drug-likeness (QED) is 0.500. The standard InChI is InChI=1S/C12H16FNO2S/c1-3-16-12(15)8(2)7-17-11-5-4-9(14)6-10(11)13/h4-6,8H,3,7,14H2,1-2H3. The van der Waals surface area contributed by atoms with Gasteiger partial charge in [0, 0.05) is 16.3 Å². The van der Waals surface area contributed by atoms with Crippen molar-refractivity contribution < 1.29 is 13.9 Å². The second-order valence-corrected chi connectivity index (χ2v) is 4.72. The molecule has 1 aromatic carbocycles. The van der Waals surface area contributed by atoms with Crippen molar-refractivity contribution in [2.45, 2.75) is 18.7 Å². The van der Waals surface area contributed by atoms with E-state index in [9.17, 15) is 9.18 Å². The molecule has 1 rings (SSSR count). The Morgan fingerprint density at radius 3 is 2.88 bits per heavy atom. The van der Waals surface area contributed by atoms with Gasteiger partial charge in [-0.2, -0.15) is 0 Å². The number of thioether (sulfide) groups is 1. The van der Waals surface area contributed by atoms with Gasteiger partial charge in [0.2, 0.25) is 0 Å². The highest BCUT2D eigenvalue weighted by Gasteiger charge is 2.15. The first-order chi connectivity index (χ1) is 8.04. The first-order valence-electron chi connectivity index (χ1n) is 5.39. The van der Waals surface area contributed by atoms with Crippen molar-refractivity contribution in [3.63, 3.8) is 0 Å². The number of halogens is 1. The molecule has 1 unspecified atom stereocenters. The molecule has 0 fully saturated rings. The van der Waals surface area contributed by atoms with Gasteiger partial charge < -0.3 is 10.5 Å². The Bertz CT molecular complexity index is 398. The summed E-state index contributed by atoms with van der Waals surface area (Å²) < 4.78 is 18.3. The van der Waals surface area contributed by atoms with Crippen LogP contribution in [0, 0.1) is 11.7 Å². The SMILES string of the molecule is CCOC(=O)C(C)CSc1ccc(N)cc1F. The van der Waals surface area contributed by atoms with E-state index < -0.39 is 0 Å². The molecular weight excluding hydrogens is 241 g/mol. The number of esters is 1. The number of benzene rings is 1. The van der Waals surface area contributed by atoms with Crippen LogP contribution in [0.5, 0.6) is 0 Å². The molecule has 94 valence electrons. The largest absolute Gasteiger partial charge is 0.466 e. The van der Waals surface area contributed by atoms with Crippen LogP contribution in [0.2, 0.25) is 0 Å². The van der Waals surface area contributed by atoms with Crippen molar-refractivity contribution in [2.24, 2.45) is 5.92 Å². The number of carbonyl (C=O) groups is 1. The highest BCUT2D eigenvalue weighted by atomic mass is 32.2. The van der Waals surface area contributed by atoms with Gasteiger partial charge in [0.25, 0.3) is 0 Å². The average molecular weight is 257 g/mol. The van der Waals surface area contributed by atoms with E-state index in [2.05, 4.69) is 0 Å². The Hall–Kier alpha value is -1.23. The molecule has 1 atom stereocenters. The van der Waals surface area contributed by atoms with E-state index in [0.29, 0.717) is 22.9 Å². The van der Waals surface area contributed by atoms with Crippen LogP contribution in [-0.4, -0.2) is 18.3 Å². The van der Waals surface area contributed by atoms with E-state index in [1.165, 1.54) is 17.8 Å². The molecule has 0 aliphatic heterocycles. The fraction of sp³-hybridized carbons (Fsp3) is 0.417.